The van der Waals surface area contributed by atoms with Gasteiger partial charge in [0.2, 0.25) is 5.91 Å². The van der Waals surface area contributed by atoms with Crippen molar-refractivity contribution in [3.8, 4) is 17.6 Å². The standard InChI is InChI=1S/C32H30N2O3/c1-30(2)20-32(25-16-23-11-14-31(12-6-13-31)37-27(23)17-28(25)36-30)24-9-3-4-10-26(24)34(29(32)35)19-22-8-5-7-21(15-22)18-33/h3-5,7-10,15-17H,6,11-14,19-20H2,1-2H3. The van der Waals surface area contributed by atoms with Gasteiger partial charge in [-0.3, -0.25) is 4.79 Å². The SMILES string of the molecule is CC1(C)CC2(C(=O)N(Cc3cccc(C#N)c3)c3ccccc32)c2cc3c(cc2O1)OC1(CCC1)CC3. The van der Waals surface area contributed by atoms with Crippen LogP contribution in [0.2, 0.25) is 0 Å². The van der Waals surface area contributed by atoms with Crippen molar-refractivity contribution in [1.82, 2.24) is 0 Å². The third kappa shape index (κ3) is 3.25. The molecule has 5 heteroatoms. The molecular formula is C32H30N2O3. The van der Waals surface area contributed by atoms with Gasteiger partial charge in [0.05, 0.1) is 18.2 Å². The molecule has 7 rings (SSSR count). The largest absolute Gasteiger partial charge is 0.487 e. The van der Waals surface area contributed by atoms with Gasteiger partial charge in [-0.1, -0.05) is 30.3 Å². The number of rotatable bonds is 2. The van der Waals surface area contributed by atoms with Crippen LogP contribution in [0.1, 0.15) is 73.8 Å². The van der Waals surface area contributed by atoms with E-state index >= 15 is 0 Å². The number of nitrogens with zero attached hydrogens (tertiary/aromatic N) is 2. The fraction of sp³-hybridized carbons (Fsp3) is 0.375. The molecule has 0 radical (unpaired) electrons. The fourth-order valence-electron chi connectivity index (χ4n) is 6.99. The van der Waals surface area contributed by atoms with Gasteiger partial charge in [-0.05, 0) is 86.9 Å². The summed E-state index contributed by atoms with van der Waals surface area (Å²) >= 11 is 0. The first-order chi connectivity index (χ1) is 17.8. The van der Waals surface area contributed by atoms with Crippen LogP contribution in [0.4, 0.5) is 5.69 Å². The van der Waals surface area contributed by atoms with Gasteiger partial charge in [-0.2, -0.15) is 5.26 Å². The van der Waals surface area contributed by atoms with Crippen LogP contribution in [0.15, 0.2) is 60.7 Å². The summed E-state index contributed by atoms with van der Waals surface area (Å²) in [6.07, 6.45) is 6.01. The van der Waals surface area contributed by atoms with Crippen molar-refractivity contribution in [2.24, 2.45) is 0 Å². The molecule has 4 aliphatic rings. The van der Waals surface area contributed by atoms with Crippen molar-refractivity contribution >= 4 is 11.6 Å². The summed E-state index contributed by atoms with van der Waals surface area (Å²) in [4.78, 5) is 16.5. The van der Waals surface area contributed by atoms with E-state index in [0.717, 1.165) is 59.6 Å². The highest BCUT2D eigenvalue weighted by Crippen LogP contribution is 2.58. The Bertz CT molecular complexity index is 1500. The number of benzene rings is 3. The maximum atomic E-state index is 14.6. The van der Waals surface area contributed by atoms with Gasteiger partial charge in [0.15, 0.2) is 0 Å². The molecule has 0 N–H and O–H groups in total. The molecule has 3 heterocycles. The second-order valence-electron chi connectivity index (χ2n) is 11.8. The average Bonchev–Trinajstić information content (AvgIpc) is 3.09. The van der Waals surface area contributed by atoms with Gasteiger partial charge in [0.1, 0.15) is 28.1 Å². The van der Waals surface area contributed by atoms with Crippen molar-refractivity contribution in [3.63, 3.8) is 0 Å². The van der Waals surface area contributed by atoms with Gasteiger partial charge >= 0.3 is 0 Å². The van der Waals surface area contributed by atoms with Crippen LogP contribution in [0, 0.1) is 11.3 Å². The number of ether oxygens (including phenoxy) is 2. The number of nitriles is 1. The summed E-state index contributed by atoms with van der Waals surface area (Å²) in [5.41, 5.74) is 4.24. The Morgan fingerprint density at radius 1 is 0.946 bits per heavy atom. The van der Waals surface area contributed by atoms with E-state index in [2.05, 4.69) is 38.1 Å². The number of para-hydroxylation sites is 1. The predicted octanol–water partition coefficient (Wildman–Crippen LogP) is 6.20. The highest BCUT2D eigenvalue weighted by Gasteiger charge is 2.58. The summed E-state index contributed by atoms with van der Waals surface area (Å²) in [6.45, 7) is 4.56. The second-order valence-corrected chi connectivity index (χ2v) is 11.8. The third-order valence-corrected chi connectivity index (χ3v) is 8.80. The van der Waals surface area contributed by atoms with Crippen LogP contribution in [0.5, 0.6) is 11.5 Å². The molecule has 0 bridgehead atoms. The van der Waals surface area contributed by atoms with Crippen molar-refractivity contribution < 1.29 is 14.3 Å². The summed E-state index contributed by atoms with van der Waals surface area (Å²) in [5.74, 6) is 1.74. The maximum absolute atomic E-state index is 14.6. The summed E-state index contributed by atoms with van der Waals surface area (Å²) in [7, 11) is 0. The van der Waals surface area contributed by atoms with Crippen LogP contribution >= 0.6 is 0 Å². The lowest BCUT2D eigenvalue weighted by atomic mass is 9.66. The van der Waals surface area contributed by atoms with Crippen LogP contribution in [0.25, 0.3) is 0 Å². The van der Waals surface area contributed by atoms with E-state index in [9.17, 15) is 10.1 Å². The topological polar surface area (TPSA) is 62.6 Å². The molecule has 3 aliphatic heterocycles. The minimum atomic E-state index is -0.832. The van der Waals surface area contributed by atoms with Gasteiger partial charge < -0.3 is 14.4 Å². The fourth-order valence-corrected chi connectivity index (χ4v) is 6.99. The Balaban J connectivity index is 1.38. The molecule has 1 atom stereocenters. The first kappa shape index (κ1) is 22.4. The van der Waals surface area contributed by atoms with E-state index in [0.29, 0.717) is 18.5 Å². The number of anilines is 1. The molecular weight excluding hydrogens is 460 g/mol. The number of hydrogen-bond donors (Lipinski definition) is 0. The van der Waals surface area contributed by atoms with Gasteiger partial charge in [-0.25, -0.2) is 0 Å². The molecule has 0 aromatic heterocycles. The number of fused-ring (bicyclic) bond motifs is 5. The smallest absolute Gasteiger partial charge is 0.242 e. The first-order valence-corrected chi connectivity index (χ1v) is 13.3. The molecule has 5 nitrogen and oxygen atoms in total. The number of carbonyl (C=O) groups is 1. The number of aryl methyl sites for hydroxylation is 1. The Hall–Kier alpha value is -3.78. The van der Waals surface area contributed by atoms with Crippen molar-refractivity contribution in [1.29, 1.82) is 5.26 Å². The molecule has 1 unspecified atom stereocenters. The van der Waals surface area contributed by atoms with E-state index in [-0.39, 0.29) is 11.5 Å². The van der Waals surface area contributed by atoms with Gasteiger partial charge in [0.25, 0.3) is 0 Å². The van der Waals surface area contributed by atoms with E-state index < -0.39 is 11.0 Å². The molecule has 2 spiro atoms. The molecule has 3 aromatic rings. The summed E-state index contributed by atoms with van der Waals surface area (Å²) in [6, 6.07) is 22.1. The summed E-state index contributed by atoms with van der Waals surface area (Å²) in [5, 5.41) is 9.39. The van der Waals surface area contributed by atoms with E-state index in [4.69, 9.17) is 9.47 Å². The Morgan fingerprint density at radius 3 is 2.57 bits per heavy atom. The van der Waals surface area contributed by atoms with Crippen molar-refractivity contribution in [3.05, 3.63) is 88.5 Å². The zero-order valence-electron chi connectivity index (χ0n) is 21.3. The Morgan fingerprint density at radius 2 is 1.78 bits per heavy atom. The van der Waals surface area contributed by atoms with Crippen LogP contribution in [0.3, 0.4) is 0 Å². The quantitative estimate of drug-likeness (QED) is 0.429. The molecule has 1 saturated carbocycles. The van der Waals surface area contributed by atoms with E-state index in [1.54, 1.807) is 6.07 Å². The minimum Gasteiger partial charge on any atom is -0.487 e. The van der Waals surface area contributed by atoms with Crippen LogP contribution in [-0.4, -0.2) is 17.1 Å². The van der Waals surface area contributed by atoms with Crippen molar-refractivity contribution in [2.75, 3.05) is 4.90 Å². The predicted molar refractivity (Wildman–Crippen MR) is 141 cm³/mol. The summed E-state index contributed by atoms with van der Waals surface area (Å²) < 4.78 is 13.1. The normalized spacial score (nSPS) is 23.8. The lowest BCUT2D eigenvalue weighted by molar-refractivity contribution is -0.124. The molecule has 0 saturated heterocycles. The van der Waals surface area contributed by atoms with Gasteiger partial charge in [-0.15, -0.1) is 0 Å². The highest BCUT2D eigenvalue weighted by atomic mass is 16.5. The van der Waals surface area contributed by atoms with Crippen LogP contribution < -0.4 is 14.4 Å². The monoisotopic (exact) mass is 490 g/mol. The van der Waals surface area contributed by atoms with E-state index in [1.165, 1.54) is 12.0 Å². The Labute approximate surface area is 217 Å². The number of carbonyl (C=O) groups excluding carboxylic acids is 1. The van der Waals surface area contributed by atoms with Gasteiger partial charge in [0, 0.05) is 23.7 Å². The molecule has 3 aromatic carbocycles. The zero-order chi connectivity index (χ0) is 25.4. The number of amides is 1. The highest BCUT2D eigenvalue weighted by molar-refractivity contribution is 6.11. The molecule has 1 aliphatic carbocycles. The molecule has 1 fully saturated rings. The number of hydrogen-bond acceptors (Lipinski definition) is 4. The molecule has 186 valence electrons. The van der Waals surface area contributed by atoms with Crippen LogP contribution in [-0.2, 0) is 23.2 Å². The molecule has 1 amide bonds. The third-order valence-electron chi connectivity index (χ3n) is 8.80. The average molecular weight is 491 g/mol. The second kappa shape index (κ2) is 7.61. The zero-order valence-corrected chi connectivity index (χ0v) is 21.3. The molecule has 37 heavy (non-hydrogen) atoms. The maximum Gasteiger partial charge on any atom is 0.242 e. The lowest BCUT2D eigenvalue weighted by Crippen LogP contribution is -2.51. The Kier molecular flexibility index (Phi) is 4.61. The lowest BCUT2D eigenvalue weighted by Gasteiger charge is -2.47. The van der Waals surface area contributed by atoms with E-state index in [1.807, 2.05) is 41.3 Å². The first-order valence-electron chi connectivity index (χ1n) is 13.3. The minimum absolute atomic E-state index is 0.00630. The van der Waals surface area contributed by atoms with Crippen molar-refractivity contribution in [2.45, 2.75) is 75.5 Å².